The van der Waals surface area contributed by atoms with Crippen molar-refractivity contribution in [1.82, 2.24) is 4.98 Å². The zero-order valence-corrected chi connectivity index (χ0v) is 9.44. The van der Waals surface area contributed by atoms with Crippen LogP contribution in [0.1, 0.15) is 26.5 Å². The second kappa shape index (κ2) is 3.03. The molecule has 0 amide bonds. The lowest BCUT2D eigenvalue weighted by molar-refractivity contribution is 0.574. The fourth-order valence-corrected chi connectivity index (χ4v) is 2.12. The molecule has 1 nitrogen and oxygen atoms in total. The molecule has 0 radical (unpaired) electrons. The van der Waals surface area contributed by atoms with Gasteiger partial charge in [-0.15, -0.1) is 0 Å². The number of hydrogen-bond donors (Lipinski definition) is 1. The molecule has 0 spiro atoms. The summed E-state index contributed by atoms with van der Waals surface area (Å²) in [6.07, 6.45) is 0. The van der Waals surface area contributed by atoms with Crippen molar-refractivity contribution in [2.75, 3.05) is 0 Å². The second-order valence-corrected chi connectivity index (χ2v) is 4.99. The van der Waals surface area contributed by atoms with Gasteiger partial charge in [-0.05, 0) is 6.07 Å². The topological polar surface area (TPSA) is 15.8 Å². The normalized spacial score (nSPS) is 12.3. The highest BCUT2D eigenvalue weighted by Crippen LogP contribution is 2.34. The van der Waals surface area contributed by atoms with Gasteiger partial charge in [-0.1, -0.05) is 50.6 Å². The van der Waals surface area contributed by atoms with E-state index in [-0.39, 0.29) is 5.41 Å². The molecule has 0 saturated carbocycles. The first-order valence-electron chi connectivity index (χ1n) is 4.77. The summed E-state index contributed by atoms with van der Waals surface area (Å²) in [7, 11) is 0. The Morgan fingerprint density at radius 3 is 2.36 bits per heavy atom. The molecule has 0 fully saturated rings. The second-order valence-electron chi connectivity index (χ2n) is 4.61. The van der Waals surface area contributed by atoms with Gasteiger partial charge < -0.3 is 4.98 Å². The number of hydrogen-bond acceptors (Lipinski definition) is 0. The number of aromatic amines is 1. The highest BCUT2D eigenvalue weighted by atomic mass is 35.5. The molecule has 14 heavy (non-hydrogen) atoms. The van der Waals surface area contributed by atoms with Crippen molar-refractivity contribution in [3.05, 3.63) is 35.0 Å². The molecule has 0 unspecified atom stereocenters. The quantitative estimate of drug-likeness (QED) is 0.669. The molecule has 1 heterocycles. The molecular weight excluding hydrogens is 194 g/mol. The van der Waals surface area contributed by atoms with E-state index in [0.717, 1.165) is 21.6 Å². The Bertz CT molecular complexity index is 463. The Balaban J connectivity index is 2.75. The fourth-order valence-electron chi connectivity index (χ4n) is 1.62. The SMILES string of the molecule is CC(C)(C)c1[nH]c2ccccc2c1Cl. The van der Waals surface area contributed by atoms with Crippen LogP contribution in [0.4, 0.5) is 0 Å². The van der Waals surface area contributed by atoms with Crippen LogP contribution in [0.15, 0.2) is 24.3 Å². The van der Waals surface area contributed by atoms with Gasteiger partial charge in [0.05, 0.1) is 5.02 Å². The molecule has 0 atom stereocenters. The monoisotopic (exact) mass is 207 g/mol. The summed E-state index contributed by atoms with van der Waals surface area (Å²) < 4.78 is 0. The first-order valence-corrected chi connectivity index (χ1v) is 5.14. The lowest BCUT2D eigenvalue weighted by atomic mass is 9.92. The fraction of sp³-hybridized carbons (Fsp3) is 0.333. The Morgan fingerprint density at radius 1 is 1.14 bits per heavy atom. The minimum atomic E-state index is 0.0656. The van der Waals surface area contributed by atoms with E-state index in [0.29, 0.717) is 0 Å². The Labute approximate surface area is 89.1 Å². The van der Waals surface area contributed by atoms with Crippen molar-refractivity contribution in [2.45, 2.75) is 26.2 Å². The maximum atomic E-state index is 6.31. The molecule has 74 valence electrons. The van der Waals surface area contributed by atoms with Crippen LogP contribution in [0, 0.1) is 0 Å². The number of aromatic nitrogens is 1. The third-order valence-corrected chi connectivity index (χ3v) is 2.79. The summed E-state index contributed by atoms with van der Waals surface area (Å²) in [5, 5.41) is 1.96. The molecule has 0 aliphatic rings. The highest BCUT2D eigenvalue weighted by Gasteiger charge is 2.20. The van der Waals surface area contributed by atoms with Crippen LogP contribution in [0.25, 0.3) is 10.9 Å². The molecule has 0 saturated heterocycles. The third kappa shape index (κ3) is 1.42. The van der Waals surface area contributed by atoms with Crippen LogP contribution in [0.2, 0.25) is 5.02 Å². The van der Waals surface area contributed by atoms with Crippen molar-refractivity contribution in [3.8, 4) is 0 Å². The number of nitrogens with one attached hydrogen (secondary N) is 1. The van der Waals surface area contributed by atoms with E-state index in [9.17, 15) is 0 Å². The summed E-state index contributed by atoms with van der Waals surface area (Å²) >= 11 is 6.31. The molecule has 0 bridgehead atoms. The zero-order chi connectivity index (χ0) is 10.3. The number of rotatable bonds is 0. The van der Waals surface area contributed by atoms with E-state index < -0.39 is 0 Å². The molecule has 0 aliphatic carbocycles. The standard InChI is InChI=1S/C12H14ClN/c1-12(2,3)11-10(13)8-6-4-5-7-9(8)14-11/h4-7,14H,1-3H3. The first-order chi connectivity index (χ1) is 6.50. The summed E-state index contributed by atoms with van der Waals surface area (Å²) in [6, 6.07) is 8.12. The van der Waals surface area contributed by atoms with Crippen LogP contribution in [0.5, 0.6) is 0 Å². The van der Waals surface area contributed by atoms with E-state index in [1.807, 2.05) is 18.2 Å². The average Bonchev–Trinajstić information content (AvgIpc) is 2.44. The minimum Gasteiger partial charge on any atom is -0.357 e. The smallest absolute Gasteiger partial charge is 0.0697 e. The van der Waals surface area contributed by atoms with Gasteiger partial charge in [0.1, 0.15) is 0 Å². The number of benzene rings is 1. The van der Waals surface area contributed by atoms with E-state index in [1.54, 1.807) is 0 Å². The maximum absolute atomic E-state index is 6.31. The van der Waals surface area contributed by atoms with Gasteiger partial charge in [0.25, 0.3) is 0 Å². The lowest BCUT2D eigenvalue weighted by Crippen LogP contribution is -2.11. The third-order valence-electron chi connectivity index (χ3n) is 2.39. The zero-order valence-electron chi connectivity index (χ0n) is 8.69. The van der Waals surface area contributed by atoms with Gasteiger partial charge in [-0.25, -0.2) is 0 Å². The van der Waals surface area contributed by atoms with Gasteiger partial charge in [-0.3, -0.25) is 0 Å². The van der Waals surface area contributed by atoms with E-state index in [4.69, 9.17) is 11.6 Å². The van der Waals surface area contributed by atoms with E-state index in [2.05, 4.69) is 31.8 Å². The molecule has 2 heteroatoms. The Hall–Kier alpha value is -0.950. The molecule has 1 aromatic heterocycles. The van der Waals surface area contributed by atoms with Gasteiger partial charge in [0, 0.05) is 22.0 Å². The number of para-hydroxylation sites is 1. The molecule has 1 N–H and O–H groups in total. The van der Waals surface area contributed by atoms with Crippen molar-refractivity contribution in [3.63, 3.8) is 0 Å². The number of fused-ring (bicyclic) bond motifs is 1. The molecule has 2 rings (SSSR count). The van der Waals surface area contributed by atoms with Crippen LogP contribution in [0.3, 0.4) is 0 Å². The van der Waals surface area contributed by atoms with Crippen molar-refractivity contribution >= 4 is 22.5 Å². The molecular formula is C12H14ClN. The summed E-state index contributed by atoms with van der Waals surface area (Å²) in [5.41, 5.74) is 2.29. The molecule has 2 aromatic rings. The summed E-state index contributed by atoms with van der Waals surface area (Å²) in [5.74, 6) is 0. The Morgan fingerprint density at radius 2 is 1.79 bits per heavy atom. The predicted molar refractivity (Wildman–Crippen MR) is 62.0 cm³/mol. The number of H-pyrrole nitrogens is 1. The van der Waals surface area contributed by atoms with Crippen LogP contribution in [-0.4, -0.2) is 4.98 Å². The van der Waals surface area contributed by atoms with Crippen molar-refractivity contribution in [2.24, 2.45) is 0 Å². The minimum absolute atomic E-state index is 0.0656. The Kier molecular flexibility index (Phi) is 2.07. The van der Waals surface area contributed by atoms with E-state index in [1.165, 1.54) is 0 Å². The van der Waals surface area contributed by atoms with Crippen LogP contribution >= 0.6 is 11.6 Å². The maximum Gasteiger partial charge on any atom is 0.0697 e. The predicted octanol–water partition coefficient (Wildman–Crippen LogP) is 4.12. The first kappa shape index (κ1) is 9.60. The summed E-state index contributed by atoms with van der Waals surface area (Å²) in [4.78, 5) is 3.37. The summed E-state index contributed by atoms with van der Waals surface area (Å²) in [6.45, 7) is 6.47. The molecule has 0 aliphatic heterocycles. The van der Waals surface area contributed by atoms with Crippen LogP contribution in [-0.2, 0) is 5.41 Å². The van der Waals surface area contributed by atoms with E-state index >= 15 is 0 Å². The number of halogens is 1. The van der Waals surface area contributed by atoms with Gasteiger partial charge in [-0.2, -0.15) is 0 Å². The highest BCUT2D eigenvalue weighted by molar-refractivity contribution is 6.36. The van der Waals surface area contributed by atoms with Gasteiger partial charge in [0.15, 0.2) is 0 Å². The van der Waals surface area contributed by atoms with Crippen LogP contribution < -0.4 is 0 Å². The molecule has 1 aromatic carbocycles. The largest absolute Gasteiger partial charge is 0.357 e. The lowest BCUT2D eigenvalue weighted by Gasteiger charge is -2.16. The van der Waals surface area contributed by atoms with Crippen molar-refractivity contribution < 1.29 is 0 Å². The van der Waals surface area contributed by atoms with Gasteiger partial charge >= 0.3 is 0 Å². The average molecular weight is 208 g/mol. The van der Waals surface area contributed by atoms with Crippen molar-refractivity contribution in [1.29, 1.82) is 0 Å². The van der Waals surface area contributed by atoms with Gasteiger partial charge in [0.2, 0.25) is 0 Å².